The molecule has 1 amide bonds. The molecular formula is C19H25N3O. The summed E-state index contributed by atoms with van der Waals surface area (Å²) in [6.45, 7) is 2.79. The van der Waals surface area contributed by atoms with Gasteiger partial charge in [0.25, 0.3) is 0 Å². The largest absolute Gasteiger partial charge is 0.357 e. The molecule has 3 heterocycles. The fourth-order valence-electron chi connectivity index (χ4n) is 4.09. The van der Waals surface area contributed by atoms with Gasteiger partial charge in [-0.25, -0.2) is 0 Å². The Bertz CT molecular complexity index is 654. The van der Waals surface area contributed by atoms with E-state index in [0.717, 1.165) is 45.3 Å². The lowest BCUT2D eigenvalue weighted by molar-refractivity contribution is -0.140. The third-order valence-electron chi connectivity index (χ3n) is 5.34. The Kier molecular flexibility index (Phi) is 4.08. The lowest BCUT2D eigenvalue weighted by Gasteiger charge is -2.38. The highest BCUT2D eigenvalue weighted by atomic mass is 16.2. The molecule has 0 radical (unpaired) electrons. The smallest absolute Gasteiger partial charge is 0.227 e. The third kappa shape index (κ3) is 2.88. The van der Waals surface area contributed by atoms with Gasteiger partial charge in [-0.05, 0) is 56.2 Å². The van der Waals surface area contributed by atoms with Crippen LogP contribution in [0.1, 0.15) is 43.8 Å². The van der Waals surface area contributed by atoms with Crippen LogP contribution in [-0.2, 0) is 4.79 Å². The maximum Gasteiger partial charge on any atom is 0.227 e. The highest BCUT2D eigenvalue weighted by Crippen LogP contribution is 2.33. The molecule has 0 bridgehead atoms. The average Bonchev–Trinajstić information content (AvgIpc) is 3.06. The van der Waals surface area contributed by atoms with Gasteiger partial charge in [-0.15, -0.1) is 0 Å². The summed E-state index contributed by atoms with van der Waals surface area (Å²) in [6.07, 6.45) is 5.54. The normalized spacial score (nSPS) is 25.7. The van der Waals surface area contributed by atoms with E-state index >= 15 is 0 Å². The molecule has 122 valence electrons. The molecule has 0 spiro atoms. The van der Waals surface area contributed by atoms with Crippen LogP contribution in [0.15, 0.2) is 30.3 Å². The summed E-state index contributed by atoms with van der Waals surface area (Å²) in [7, 11) is 0. The van der Waals surface area contributed by atoms with Crippen molar-refractivity contribution in [1.29, 1.82) is 0 Å². The van der Waals surface area contributed by atoms with E-state index in [2.05, 4.69) is 45.5 Å². The summed E-state index contributed by atoms with van der Waals surface area (Å²) in [5.74, 6) is 0.509. The number of para-hydroxylation sites is 1. The quantitative estimate of drug-likeness (QED) is 0.894. The Morgan fingerprint density at radius 3 is 2.87 bits per heavy atom. The molecule has 2 saturated heterocycles. The van der Waals surface area contributed by atoms with Crippen molar-refractivity contribution in [3.8, 4) is 0 Å². The topological polar surface area (TPSA) is 48.1 Å². The summed E-state index contributed by atoms with van der Waals surface area (Å²) < 4.78 is 0. The number of hydrogen-bond donors (Lipinski definition) is 2. The second-order valence-corrected chi connectivity index (χ2v) is 6.90. The average molecular weight is 311 g/mol. The van der Waals surface area contributed by atoms with Gasteiger partial charge in [0, 0.05) is 24.3 Å². The van der Waals surface area contributed by atoms with Gasteiger partial charge in [0.15, 0.2) is 0 Å². The van der Waals surface area contributed by atoms with Gasteiger partial charge in [-0.1, -0.05) is 18.2 Å². The Balaban J connectivity index is 1.60. The molecule has 4 heteroatoms. The van der Waals surface area contributed by atoms with Crippen molar-refractivity contribution in [2.45, 2.75) is 38.1 Å². The predicted molar refractivity (Wildman–Crippen MR) is 92.2 cm³/mol. The van der Waals surface area contributed by atoms with Gasteiger partial charge in [-0.3, -0.25) is 4.79 Å². The number of likely N-dealkylation sites (tertiary alicyclic amines) is 1. The molecule has 2 unspecified atom stereocenters. The summed E-state index contributed by atoms with van der Waals surface area (Å²) >= 11 is 0. The van der Waals surface area contributed by atoms with Crippen molar-refractivity contribution in [3.63, 3.8) is 0 Å². The van der Waals surface area contributed by atoms with E-state index in [0.29, 0.717) is 5.91 Å². The second kappa shape index (κ2) is 6.36. The zero-order valence-electron chi connectivity index (χ0n) is 13.6. The molecular weight excluding hydrogens is 286 g/mol. The zero-order chi connectivity index (χ0) is 15.6. The molecule has 2 aromatic rings. The minimum atomic E-state index is 0.161. The molecule has 4 nitrogen and oxygen atoms in total. The van der Waals surface area contributed by atoms with Gasteiger partial charge in [0.1, 0.15) is 0 Å². The number of nitrogens with one attached hydrogen (secondary N) is 2. The standard InChI is InChI=1S/C19H25N3O/c23-19(15-7-5-10-20-13-15)22-11-4-3-9-18(22)17-12-14-6-1-2-8-16(14)21-17/h1-2,6,8,12,15,18,20-21H,3-5,7,9-11,13H2. The molecule has 2 aliphatic heterocycles. The minimum absolute atomic E-state index is 0.161. The minimum Gasteiger partial charge on any atom is -0.357 e. The number of rotatable bonds is 2. The first kappa shape index (κ1) is 14.8. The van der Waals surface area contributed by atoms with Crippen molar-refractivity contribution in [1.82, 2.24) is 15.2 Å². The number of H-pyrrole nitrogens is 1. The van der Waals surface area contributed by atoms with Gasteiger partial charge < -0.3 is 15.2 Å². The monoisotopic (exact) mass is 311 g/mol. The summed E-state index contributed by atoms with van der Waals surface area (Å²) in [4.78, 5) is 18.7. The molecule has 0 saturated carbocycles. The second-order valence-electron chi connectivity index (χ2n) is 6.90. The van der Waals surface area contributed by atoms with Crippen molar-refractivity contribution < 1.29 is 4.79 Å². The molecule has 23 heavy (non-hydrogen) atoms. The maximum absolute atomic E-state index is 13.0. The summed E-state index contributed by atoms with van der Waals surface area (Å²) in [6, 6.07) is 10.8. The lowest BCUT2D eigenvalue weighted by Crippen LogP contribution is -2.46. The molecule has 1 aromatic heterocycles. The van der Waals surface area contributed by atoms with Gasteiger partial charge in [0.05, 0.1) is 12.0 Å². The fraction of sp³-hybridized carbons (Fsp3) is 0.526. The number of aromatic nitrogens is 1. The summed E-state index contributed by atoms with van der Waals surface area (Å²) in [5, 5.41) is 4.61. The van der Waals surface area contributed by atoms with Crippen LogP contribution in [0.4, 0.5) is 0 Å². The molecule has 0 aliphatic carbocycles. The highest BCUT2D eigenvalue weighted by Gasteiger charge is 2.33. The number of carbonyl (C=O) groups excluding carboxylic acids is 1. The van der Waals surface area contributed by atoms with E-state index in [1.165, 1.54) is 23.0 Å². The van der Waals surface area contributed by atoms with E-state index in [9.17, 15) is 4.79 Å². The van der Waals surface area contributed by atoms with Crippen molar-refractivity contribution in [2.75, 3.05) is 19.6 Å². The van der Waals surface area contributed by atoms with Crippen LogP contribution < -0.4 is 5.32 Å². The van der Waals surface area contributed by atoms with E-state index in [1.54, 1.807) is 0 Å². The van der Waals surface area contributed by atoms with Crippen molar-refractivity contribution >= 4 is 16.8 Å². The van der Waals surface area contributed by atoms with Crippen LogP contribution in [0, 0.1) is 5.92 Å². The number of fused-ring (bicyclic) bond motifs is 1. The number of piperidine rings is 2. The third-order valence-corrected chi connectivity index (χ3v) is 5.34. The van der Waals surface area contributed by atoms with Crippen molar-refractivity contribution in [3.05, 3.63) is 36.0 Å². The van der Waals surface area contributed by atoms with Crippen LogP contribution in [0.3, 0.4) is 0 Å². The van der Waals surface area contributed by atoms with E-state index in [1.807, 2.05) is 0 Å². The van der Waals surface area contributed by atoms with Gasteiger partial charge >= 0.3 is 0 Å². The first-order valence-electron chi connectivity index (χ1n) is 8.92. The SMILES string of the molecule is O=C(C1CCCNC1)N1CCCCC1c1cc2ccccc2[nH]1. The predicted octanol–water partition coefficient (Wildman–Crippen LogP) is 3.22. The Morgan fingerprint density at radius 2 is 2.04 bits per heavy atom. The van der Waals surface area contributed by atoms with E-state index < -0.39 is 0 Å². The molecule has 2 fully saturated rings. The molecule has 1 aromatic carbocycles. The van der Waals surface area contributed by atoms with Gasteiger partial charge in [0.2, 0.25) is 5.91 Å². The van der Waals surface area contributed by atoms with Crippen LogP contribution >= 0.6 is 0 Å². The number of hydrogen-bond acceptors (Lipinski definition) is 2. The highest BCUT2D eigenvalue weighted by molar-refractivity contribution is 5.82. The van der Waals surface area contributed by atoms with Crippen LogP contribution in [0.2, 0.25) is 0 Å². The maximum atomic E-state index is 13.0. The first-order chi connectivity index (χ1) is 11.3. The Morgan fingerprint density at radius 1 is 1.13 bits per heavy atom. The number of amides is 1. The Hall–Kier alpha value is -1.81. The fourth-order valence-corrected chi connectivity index (χ4v) is 4.09. The van der Waals surface area contributed by atoms with E-state index in [-0.39, 0.29) is 12.0 Å². The summed E-state index contributed by atoms with van der Waals surface area (Å²) in [5.41, 5.74) is 2.36. The molecule has 2 N–H and O–H groups in total. The number of carbonyl (C=O) groups is 1. The number of aromatic amines is 1. The van der Waals surface area contributed by atoms with Crippen LogP contribution in [-0.4, -0.2) is 35.4 Å². The van der Waals surface area contributed by atoms with Gasteiger partial charge in [-0.2, -0.15) is 0 Å². The lowest BCUT2D eigenvalue weighted by atomic mass is 9.93. The molecule has 2 aliphatic rings. The van der Waals surface area contributed by atoms with Crippen LogP contribution in [0.25, 0.3) is 10.9 Å². The van der Waals surface area contributed by atoms with E-state index in [4.69, 9.17) is 0 Å². The van der Waals surface area contributed by atoms with Crippen LogP contribution in [0.5, 0.6) is 0 Å². The number of nitrogens with zero attached hydrogens (tertiary/aromatic N) is 1. The molecule has 2 atom stereocenters. The van der Waals surface area contributed by atoms with Crippen molar-refractivity contribution in [2.24, 2.45) is 5.92 Å². The molecule has 4 rings (SSSR count). The first-order valence-corrected chi connectivity index (χ1v) is 8.92. The zero-order valence-corrected chi connectivity index (χ0v) is 13.6. The number of benzene rings is 1. The Labute approximate surface area is 137 Å².